The summed E-state index contributed by atoms with van der Waals surface area (Å²) in [5, 5.41) is 0. The Morgan fingerprint density at radius 2 is 1.76 bits per heavy atom. The molecular weight excluding hydrogens is 360 g/mol. The van der Waals surface area contributed by atoms with Crippen LogP contribution in [0.1, 0.15) is 46.4 Å². The summed E-state index contributed by atoms with van der Waals surface area (Å²) < 4.78 is 2.01. The van der Waals surface area contributed by atoms with Gasteiger partial charge in [-0.25, -0.2) is 15.0 Å². The third-order valence-electron chi connectivity index (χ3n) is 5.07. The number of pyridine rings is 1. The fourth-order valence-corrected chi connectivity index (χ4v) is 3.41. The first-order valence-electron chi connectivity index (χ1n) is 10.2. The van der Waals surface area contributed by atoms with Gasteiger partial charge in [0.25, 0.3) is 0 Å². The molecule has 150 valence electrons. The first kappa shape index (κ1) is 19.2. The van der Waals surface area contributed by atoms with Gasteiger partial charge in [-0.3, -0.25) is 4.57 Å². The number of hydrogen-bond acceptors (Lipinski definition) is 4. The number of hydrogen-bond donors (Lipinski definition) is 2. The second kappa shape index (κ2) is 7.35. The molecule has 0 aliphatic rings. The maximum absolute atomic E-state index is 6.16. The first-order valence-corrected chi connectivity index (χ1v) is 10.2. The molecule has 3 N–H and O–H groups in total. The highest BCUT2D eigenvalue weighted by Gasteiger charge is 2.23. The quantitative estimate of drug-likeness (QED) is 0.494. The van der Waals surface area contributed by atoms with Crippen LogP contribution in [0, 0.1) is 0 Å². The molecule has 0 aliphatic heterocycles. The van der Waals surface area contributed by atoms with Crippen LogP contribution in [-0.4, -0.2) is 24.5 Å². The predicted octanol–water partition coefficient (Wildman–Crippen LogP) is 5.17. The monoisotopic (exact) mass is 388 g/mol. The third-order valence-corrected chi connectivity index (χ3v) is 5.07. The van der Waals surface area contributed by atoms with E-state index in [0.29, 0.717) is 5.95 Å². The lowest BCUT2D eigenvalue weighted by Crippen LogP contribution is -2.13. The Balaban J connectivity index is 1.89. The molecule has 0 unspecified atom stereocenters. The van der Waals surface area contributed by atoms with Crippen LogP contribution in [0.15, 0.2) is 42.5 Å². The summed E-state index contributed by atoms with van der Waals surface area (Å²) in [5.74, 6) is 1.45. The van der Waals surface area contributed by atoms with Gasteiger partial charge in [0.15, 0.2) is 5.65 Å². The summed E-state index contributed by atoms with van der Waals surface area (Å²) in [6.45, 7) is 9.45. The maximum atomic E-state index is 6.16. The molecule has 0 saturated carbocycles. The number of nitrogens with zero attached hydrogens (tertiary/aromatic N) is 4. The summed E-state index contributed by atoms with van der Waals surface area (Å²) in [7, 11) is 0. The average molecular weight is 389 g/mol. The zero-order chi connectivity index (χ0) is 20.6. The minimum atomic E-state index is -0.0980. The summed E-state index contributed by atoms with van der Waals surface area (Å²) in [5.41, 5.74) is 11.4. The van der Waals surface area contributed by atoms with Crippen molar-refractivity contribution in [2.24, 2.45) is 0 Å². The molecule has 0 fully saturated rings. The van der Waals surface area contributed by atoms with Gasteiger partial charge in [-0.15, -0.1) is 0 Å². The Morgan fingerprint density at radius 3 is 2.45 bits per heavy atom. The number of nitrogens with one attached hydrogen (secondary N) is 1. The van der Waals surface area contributed by atoms with Crippen LogP contribution in [0.2, 0.25) is 0 Å². The molecule has 4 aromatic rings. The zero-order valence-electron chi connectivity index (χ0n) is 17.5. The van der Waals surface area contributed by atoms with E-state index in [-0.39, 0.29) is 5.41 Å². The van der Waals surface area contributed by atoms with Crippen molar-refractivity contribution in [3.63, 3.8) is 0 Å². The number of fused-ring (bicyclic) bond motifs is 1. The van der Waals surface area contributed by atoms with Gasteiger partial charge in [-0.1, -0.05) is 64.4 Å². The van der Waals surface area contributed by atoms with Gasteiger partial charge in [0.1, 0.15) is 11.3 Å². The van der Waals surface area contributed by atoms with Crippen molar-refractivity contribution in [2.45, 2.75) is 52.5 Å². The molecule has 0 bridgehead atoms. The van der Waals surface area contributed by atoms with Crippen LogP contribution in [-0.2, 0) is 12.0 Å². The highest BCUT2D eigenvalue weighted by Crippen LogP contribution is 2.33. The van der Waals surface area contributed by atoms with Crippen LogP contribution >= 0.6 is 0 Å². The van der Waals surface area contributed by atoms with Crippen LogP contribution in [0.5, 0.6) is 0 Å². The van der Waals surface area contributed by atoms with Crippen molar-refractivity contribution in [1.29, 1.82) is 0 Å². The normalized spacial score (nSPS) is 12.0. The predicted molar refractivity (Wildman–Crippen MR) is 119 cm³/mol. The van der Waals surface area contributed by atoms with Crippen LogP contribution in [0.4, 0.5) is 5.95 Å². The average Bonchev–Trinajstić information content (AvgIpc) is 3.28. The second-order valence-electron chi connectivity index (χ2n) is 8.44. The molecule has 0 spiro atoms. The Kier molecular flexibility index (Phi) is 4.86. The van der Waals surface area contributed by atoms with Gasteiger partial charge < -0.3 is 10.7 Å². The number of imidazole rings is 2. The minimum absolute atomic E-state index is 0.0980. The minimum Gasteiger partial charge on any atom is -0.369 e. The van der Waals surface area contributed by atoms with E-state index in [1.165, 1.54) is 0 Å². The van der Waals surface area contributed by atoms with Crippen molar-refractivity contribution in [3.8, 4) is 22.6 Å². The highest BCUT2D eigenvalue weighted by molar-refractivity contribution is 5.82. The van der Waals surface area contributed by atoms with Crippen LogP contribution < -0.4 is 5.73 Å². The van der Waals surface area contributed by atoms with E-state index in [4.69, 9.17) is 15.7 Å². The number of unbranched alkanes of at least 4 members (excludes halogenated alkanes) is 1. The van der Waals surface area contributed by atoms with Gasteiger partial charge in [0.05, 0.1) is 17.1 Å². The molecule has 0 radical (unpaired) electrons. The molecule has 0 aliphatic carbocycles. The number of aryl methyl sites for hydroxylation is 1. The largest absolute Gasteiger partial charge is 0.369 e. The van der Waals surface area contributed by atoms with Crippen molar-refractivity contribution in [3.05, 3.63) is 48.3 Å². The number of benzene rings is 1. The second-order valence-corrected chi connectivity index (χ2v) is 8.44. The molecular formula is C23H28N6. The SMILES string of the molecule is CCCCn1c(N)nc2ccc(-c3[nH]c(C(C)(C)C)nc3-c3ccccc3)nc21. The molecule has 0 amide bonds. The third kappa shape index (κ3) is 3.62. The topological polar surface area (TPSA) is 85.4 Å². The van der Waals surface area contributed by atoms with Crippen molar-refractivity contribution in [1.82, 2.24) is 24.5 Å². The number of anilines is 1. The number of aromatic amines is 1. The lowest BCUT2D eigenvalue weighted by molar-refractivity contribution is 0.553. The van der Waals surface area contributed by atoms with E-state index in [1.807, 2.05) is 34.9 Å². The molecule has 0 atom stereocenters. The Labute approximate surface area is 171 Å². The Morgan fingerprint density at radius 1 is 1.00 bits per heavy atom. The Hall–Kier alpha value is -3.15. The standard InChI is InChI=1S/C23H28N6/c1-5-6-14-29-20-17(26-22(29)24)13-12-16(25-20)19-18(15-10-8-7-9-11-15)27-21(28-19)23(2,3)4/h7-13H,5-6,14H2,1-4H3,(H2,24,26)(H,27,28). The fraction of sp³-hybridized carbons (Fsp3) is 0.348. The van der Waals surface area contributed by atoms with Gasteiger partial charge in [0.2, 0.25) is 5.95 Å². The van der Waals surface area contributed by atoms with Gasteiger partial charge in [0, 0.05) is 17.5 Å². The number of nitrogens with two attached hydrogens (primary N) is 1. The number of H-pyrrole nitrogens is 1. The maximum Gasteiger partial charge on any atom is 0.202 e. The van der Waals surface area contributed by atoms with Gasteiger partial charge in [-0.05, 0) is 18.6 Å². The first-order chi connectivity index (χ1) is 13.9. The molecule has 0 saturated heterocycles. The highest BCUT2D eigenvalue weighted by atomic mass is 15.2. The lowest BCUT2D eigenvalue weighted by atomic mass is 9.96. The van der Waals surface area contributed by atoms with E-state index in [9.17, 15) is 0 Å². The van der Waals surface area contributed by atoms with E-state index >= 15 is 0 Å². The summed E-state index contributed by atoms with van der Waals surface area (Å²) in [6, 6.07) is 14.2. The fourth-order valence-electron chi connectivity index (χ4n) is 3.41. The van der Waals surface area contributed by atoms with Crippen molar-refractivity contribution < 1.29 is 0 Å². The van der Waals surface area contributed by atoms with E-state index in [0.717, 1.165) is 59.0 Å². The van der Waals surface area contributed by atoms with Crippen LogP contribution in [0.25, 0.3) is 33.8 Å². The van der Waals surface area contributed by atoms with Gasteiger partial charge >= 0.3 is 0 Å². The van der Waals surface area contributed by atoms with E-state index in [2.05, 4.69) is 49.8 Å². The van der Waals surface area contributed by atoms with Crippen LogP contribution in [0.3, 0.4) is 0 Å². The Bertz CT molecular complexity index is 1130. The molecule has 4 rings (SSSR count). The molecule has 3 aromatic heterocycles. The zero-order valence-corrected chi connectivity index (χ0v) is 17.5. The number of aromatic nitrogens is 5. The molecule has 1 aromatic carbocycles. The van der Waals surface area contributed by atoms with Gasteiger partial charge in [-0.2, -0.15) is 0 Å². The van der Waals surface area contributed by atoms with E-state index in [1.54, 1.807) is 0 Å². The smallest absolute Gasteiger partial charge is 0.202 e. The van der Waals surface area contributed by atoms with E-state index < -0.39 is 0 Å². The summed E-state index contributed by atoms with van der Waals surface area (Å²) >= 11 is 0. The van der Waals surface area contributed by atoms with Crippen molar-refractivity contribution in [2.75, 3.05) is 5.73 Å². The number of rotatable bonds is 5. The lowest BCUT2D eigenvalue weighted by Gasteiger charge is -2.14. The molecule has 6 heteroatoms. The molecule has 29 heavy (non-hydrogen) atoms. The van der Waals surface area contributed by atoms with Crippen molar-refractivity contribution >= 4 is 17.1 Å². The number of nitrogen functional groups attached to an aromatic ring is 1. The summed E-state index contributed by atoms with van der Waals surface area (Å²) in [6.07, 6.45) is 2.13. The molecule has 6 nitrogen and oxygen atoms in total. The molecule has 3 heterocycles. The summed E-state index contributed by atoms with van der Waals surface area (Å²) in [4.78, 5) is 17.9.